The van der Waals surface area contributed by atoms with Crippen LogP contribution < -0.4 is 16.4 Å². The Morgan fingerprint density at radius 2 is 2.21 bits per heavy atom. The van der Waals surface area contributed by atoms with Crippen LogP contribution in [0.25, 0.3) is 0 Å². The van der Waals surface area contributed by atoms with Gasteiger partial charge in [-0.3, -0.25) is 4.79 Å². The molecule has 0 heterocycles. The van der Waals surface area contributed by atoms with E-state index in [1.165, 1.54) is 0 Å². The average molecular weight is 199 g/mol. The molecule has 0 aromatic rings. The lowest BCUT2D eigenvalue weighted by atomic mass is 10.2. The number of nitrogens with two attached hydrogens (primary N) is 1. The second-order valence-corrected chi connectivity index (χ2v) is 3.56. The molecule has 1 atom stereocenters. The molecule has 0 saturated carbocycles. The van der Waals surface area contributed by atoms with Crippen molar-refractivity contribution in [3.63, 3.8) is 0 Å². The molecule has 1 unspecified atom stereocenters. The minimum atomic E-state index is 0.0340. The molecule has 0 aliphatic rings. The molecule has 0 aliphatic heterocycles. The number of nitrogens with one attached hydrogen (secondary N) is 2. The van der Waals surface area contributed by atoms with Crippen LogP contribution in [-0.4, -0.2) is 31.1 Å². The average Bonchev–Trinajstić information content (AvgIpc) is 2.10. The van der Waals surface area contributed by atoms with E-state index >= 15 is 0 Å². The molecular weight excluding hydrogens is 178 g/mol. The van der Waals surface area contributed by atoms with Crippen LogP contribution in [0, 0.1) is 0 Å². The lowest BCUT2D eigenvalue weighted by molar-refractivity contribution is -0.122. The molecule has 0 bridgehead atoms. The van der Waals surface area contributed by atoms with Gasteiger partial charge in [-0.2, -0.15) is 0 Å². The first-order valence-electron chi connectivity index (χ1n) is 4.93. The van der Waals surface area contributed by atoms with Crippen LogP contribution in [0.5, 0.6) is 0 Å². The van der Waals surface area contributed by atoms with Crippen LogP contribution >= 0.6 is 0 Å². The molecule has 0 radical (unpaired) electrons. The first-order chi connectivity index (χ1) is 6.60. The second kappa shape index (κ2) is 7.53. The van der Waals surface area contributed by atoms with Crippen molar-refractivity contribution in [1.82, 2.24) is 10.6 Å². The summed E-state index contributed by atoms with van der Waals surface area (Å²) >= 11 is 0. The predicted molar refractivity (Wildman–Crippen MR) is 58.9 cm³/mol. The second-order valence-electron chi connectivity index (χ2n) is 3.56. The molecule has 0 saturated heterocycles. The number of carbonyl (C=O) groups excluding carboxylic acids is 1. The highest BCUT2D eigenvalue weighted by molar-refractivity contribution is 5.76. The Morgan fingerprint density at radius 3 is 2.64 bits per heavy atom. The van der Waals surface area contributed by atoms with E-state index in [1.807, 2.05) is 13.8 Å². The van der Waals surface area contributed by atoms with Crippen molar-refractivity contribution in [2.45, 2.75) is 32.4 Å². The van der Waals surface area contributed by atoms with Gasteiger partial charge in [0.2, 0.25) is 5.91 Å². The van der Waals surface area contributed by atoms with Crippen molar-refractivity contribution in [2.75, 3.05) is 13.1 Å². The largest absolute Gasteiger partial charge is 0.354 e. The van der Waals surface area contributed by atoms with Gasteiger partial charge in [-0.15, -0.1) is 6.58 Å². The van der Waals surface area contributed by atoms with Crippen LogP contribution in [0.4, 0.5) is 0 Å². The molecule has 0 aromatic carbocycles. The summed E-state index contributed by atoms with van der Waals surface area (Å²) in [6.07, 6.45) is 2.17. The van der Waals surface area contributed by atoms with E-state index in [1.54, 1.807) is 6.08 Å². The SMILES string of the molecule is C=CCNC(CN)CC(=O)NC(C)C. The normalized spacial score (nSPS) is 12.6. The molecule has 0 aliphatic carbocycles. The topological polar surface area (TPSA) is 67.1 Å². The van der Waals surface area contributed by atoms with Crippen molar-refractivity contribution in [2.24, 2.45) is 5.73 Å². The zero-order chi connectivity index (χ0) is 11.0. The molecule has 4 N–H and O–H groups in total. The van der Waals surface area contributed by atoms with E-state index in [0.29, 0.717) is 19.5 Å². The summed E-state index contributed by atoms with van der Waals surface area (Å²) in [6, 6.07) is 0.215. The van der Waals surface area contributed by atoms with Gasteiger partial charge in [0.15, 0.2) is 0 Å². The third-order valence-electron chi connectivity index (χ3n) is 1.72. The first kappa shape index (κ1) is 13.1. The van der Waals surface area contributed by atoms with E-state index in [2.05, 4.69) is 17.2 Å². The van der Waals surface area contributed by atoms with Crippen LogP contribution in [0.1, 0.15) is 20.3 Å². The summed E-state index contributed by atoms with van der Waals surface area (Å²) in [5.74, 6) is 0.0343. The Balaban J connectivity index is 3.79. The van der Waals surface area contributed by atoms with E-state index in [0.717, 1.165) is 0 Å². The first-order valence-corrected chi connectivity index (χ1v) is 4.93. The molecule has 4 heteroatoms. The van der Waals surface area contributed by atoms with E-state index in [9.17, 15) is 4.79 Å². The molecule has 1 amide bonds. The van der Waals surface area contributed by atoms with Gasteiger partial charge < -0.3 is 16.4 Å². The summed E-state index contributed by atoms with van der Waals surface area (Å²) in [6.45, 7) is 8.60. The molecular formula is C10H21N3O. The zero-order valence-corrected chi connectivity index (χ0v) is 9.05. The van der Waals surface area contributed by atoms with Crippen molar-refractivity contribution in [1.29, 1.82) is 0 Å². The van der Waals surface area contributed by atoms with Gasteiger partial charge >= 0.3 is 0 Å². The maximum atomic E-state index is 11.4. The van der Waals surface area contributed by atoms with Crippen molar-refractivity contribution in [3.8, 4) is 0 Å². The molecule has 0 fully saturated rings. The minimum Gasteiger partial charge on any atom is -0.354 e. The Morgan fingerprint density at radius 1 is 1.57 bits per heavy atom. The Hall–Kier alpha value is -0.870. The molecule has 0 aromatic heterocycles. The fraction of sp³-hybridized carbons (Fsp3) is 0.700. The number of hydrogen-bond acceptors (Lipinski definition) is 3. The van der Waals surface area contributed by atoms with Crippen LogP contribution in [0.2, 0.25) is 0 Å². The van der Waals surface area contributed by atoms with Gasteiger partial charge in [-0.05, 0) is 13.8 Å². The van der Waals surface area contributed by atoms with Gasteiger partial charge in [0.05, 0.1) is 0 Å². The monoisotopic (exact) mass is 199 g/mol. The lowest BCUT2D eigenvalue weighted by Crippen LogP contribution is -2.42. The number of carbonyl (C=O) groups is 1. The van der Waals surface area contributed by atoms with Crippen molar-refractivity contribution >= 4 is 5.91 Å². The fourth-order valence-electron chi connectivity index (χ4n) is 1.09. The van der Waals surface area contributed by atoms with E-state index < -0.39 is 0 Å². The summed E-state index contributed by atoms with van der Waals surface area (Å²) in [4.78, 5) is 11.4. The van der Waals surface area contributed by atoms with Gasteiger partial charge in [0.1, 0.15) is 0 Å². The number of rotatable bonds is 7. The molecule has 4 nitrogen and oxygen atoms in total. The molecule has 82 valence electrons. The van der Waals surface area contributed by atoms with E-state index in [4.69, 9.17) is 5.73 Å². The van der Waals surface area contributed by atoms with Crippen molar-refractivity contribution in [3.05, 3.63) is 12.7 Å². The van der Waals surface area contributed by atoms with Crippen molar-refractivity contribution < 1.29 is 4.79 Å². The summed E-state index contributed by atoms with van der Waals surface area (Å²) < 4.78 is 0. The molecule has 0 rings (SSSR count). The predicted octanol–water partition coefficient (Wildman–Crippen LogP) is 0.00400. The highest BCUT2D eigenvalue weighted by atomic mass is 16.1. The van der Waals surface area contributed by atoms with Gasteiger partial charge in [-0.25, -0.2) is 0 Å². The summed E-state index contributed by atoms with van der Waals surface area (Å²) in [7, 11) is 0. The number of amides is 1. The summed E-state index contributed by atoms with van der Waals surface area (Å²) in [5.41, 5.74) is 5.52. The quantitative estimate of drug-likeness (QED) is 0.506. The third-order valence-corrected chi connectivity index (χ3v) is 1.72. The standard InChI is InChI=1S/C10H21N3O/c1-4-5-12-9(7-11)6-10(14)13-8(2)3/h4,8-9,12H,1,5-7,11H2,2-3H3,(H,13,14). The Bertz CT molecular complexity index is 180. The highest BCUT2D eigenvalue weighted by Gasteiger charge is 2.11. The van der Waals surface area contributed by atoms with Crippen LogP contribution in [0.15, 0.2) is 12.7 Å². The van der Waals surface area contributed by atoms with Gasteiger partial charge in [0.25, 0.3) is 0 Å². The Kier molecular flexibility index (Phi) is 7.06. The van der Waals surface area contributed by atoms with Crippen LogP contribution in [-0.2, 0) is 4.79 Å². The molecule has 14 heavy (non-hydrogen) atoms. The molecule has 0 spiro atoms. The van der Waals surface area contributed by atoms with Crippen LogP contribution in [0.3, 0.4) is 0 Å². The maximum absolute atomic E-state index is 11.4. The zero-order valence-electron chi connectivity index (χ0n) is 9.05. The fourth-order valence-corrected chi connectivity index (χ4v) is 1.09. The van der Waals surface area contributed by atoms with Gasteiger partial charge in [-0.1, -0.05) is 6.08 Å². The minimum absolute atomic E-state index is 0.0340. The number of hydrogen-bond donors (Lipinski definition) is 3. The third kappa shape index (κ3) is 6.62. The lowest BCUT2D eigenvalue weighted by Gasteiger charge is -2.16. The maximum Gasteiger partial charge on any atom is 0.221 e. The summed E-state index contributed by atoms with van der Waals surface area (Å²) in [5, 5.41) is 5.94. The van der Waals surface area contributed by atoms with E-state index in [-0.39, 0.29) is 18.0 Å². The Labute approximate surface area is 85.9 Å². The van der Waals surface area contributed by atoms with Gasteiger partial charge in [0, 0.05) is 31.6 Å². The smallest absolute Gasteiger partial charge is 0.221 e. The highest BCUT2D eigenvalue weighted by Crippen LogP contribution is 1.91.